The minimum Gasteiger partial charge on any atom is -0.606 e. The van der Waals surface area contributed by atoms with Crippen LogP contribution >= 0.6 is 34.5 Å². The minimum atomic E-state index is -1.44. The Bertz CT molecular complexity index is 942. The molecule has 0 amide bonds. The molecule has 3 aromatic rings. The van der Waals surface area contributed by atoms with Crippen molar-refractivity contribution >= 4 is 51.7 Å². The lowest BCUT2D eigenvalue weighted by Crippen LogP contribution is -2.02. The molecule has 2 aromatic carbocycles. The van der Waals surface area contributed by atoms with Crippen LogP contribution < -0.4 is 0 Å². The van der Waals surface area contributed by atoms with Crippen molar-refractivity contribution in [2.45, 2.75) is 16.7 Å². The molecular weight excluding hydrogens is 401 g/mol. The van der Waals surface area contributed by atoms with E-state index in [1.54, 1.807) is 49.4 Å². The molecule has 1 N–H and O–H groups in total. The van der Waals surface area contributed by atoms with Crippen molar-refractivity contribution in [2.75, 3.05) is 0 Å². The van der Waals surface area contributed by atoms with E-state index in [-0.39, 0.29) is 4.88 Å². The molecule has 0 radical (unpaired) electrons. The first-order valence-electron chi connectivity index (χ1n) is 7.05. The van der Waals surface area contributed by atoms with E-state index >= 15 is 0 Å². The number of halogens is 2. The van der Waals surface area contributed by atoms with E-state index < -0.39 is 17.1 Å². The Morgan fingerprint density at radius 3 is 2.44 bits per heavy atom. The maximum absolute atomic E-state index is 12.7. The average Bonchev–Trinajstić information content (AvgIpc) is 2.97. The number of aromatic nitrogens is 1. The summed E-state index contributed by atoms with van der Waals surface area (Å²) in [6, 6.07) is 11.8. The molecule has 0 spiro atoms. The zero-order chi connectivity index (χ0) is 18.1. The second-order valence-electron chi connectivity index (χ2n) is 5.11. The van der Waals surface area contributed by atoms with E-state index in [0.717, 1.165) is 11.3 Å². The Balaban J connectivity index is 1.94. The number of aryl methyl sites for hydroxylation is 1. The molecule has 0 saturated carbocycles. The number of benzene rings is 2. The van der Waals surface area contributed by atoms with Gasteiger partial charge in [-0.25, -0.2) is 9.78 Å². The smallest absolute Gasteiger partial charge is 0.347 e. The molecule has 25 heavy (non-hydrogen) atoms. The van der Waals surface area contributed by atoms with E-state index in [1.165, 1.54) is 0 Å². The molecule has 4 nitrogen and oxygen atoms in total. The van der Waals surface area contributed by atoms with Crippen molar-refractivity contribution in [3.8, 4) is 10.6 Å². The summed E-state index contributed by atoms with van der Waals surface area (Å²) < 4.78 is 12.7. The van der Waals surface area contributed by atoms with Crippen LogP contribution in [0.5, 0.6) is 0 Å². The fourth-order valence-electron chi connectivity index (χ4n) is 2.19. The van der Waals surface area contributed by atoms with Gasteiger partial charge in [0.2, 0.25) is 0 Å². The summed E-state index contributed by atoms with van der Waals surface area (Å²) in [5.41, 5.74) is 1.14. The molecule has 0 bridgehead atoms. The van der Waals surface area contributed by atoms with Crippen LogP contribution in [0.4, 0.5) is 0 Å². The highest BCUT2D eigenvalue weighted by atomic mass is 35.5. The van der Waals surface area contributed by atoms with Gasteiger partial charge in [0.25, 0.3) is 0 Å². The summed E-state index contributed by atoms with van der Waals surface area (Å²) in [4.78, 5) is 16.7. The molecule has 0 aliphatic heterocycles. The number of nitrogens with zero attached hydrogens (tertiary/aromatic N) is 1. The second-order valence-corrected chi connectivity index (χ2v) is 8.40. The van der Waals surface area contributed by atoms with Crippen LogP contribution in [0.25, 0.3) is 10.6 Å². The molecule has 0 saturated heterocycles. The van der Waals surface area contributed by atoms with Crippen LogP contribution in [0.1, 0.15) is 15.4 Å². The van der Waals surface area contributed by atoms with Crippen molar-refractivity contribution in [2.24, 2.45) is 0 Å². The van der Waals surface area contributed by atoms with E-state index in [0.29, 0.717) is 36.1 Å². The average molecular weight is 412 g/mol. The van der Waals surface area contributed by atoms with E-state index in [9.17, 15) is 9.35 Å². The summed E-state index contributed by atoms with van der Waals surface area (Å²) in [7, 11) is 0. The maximum Gasteiger partial charge on any atom is 0.347 e. The maximum atomic E-state index is 12.7. The summed E-state index contributed by atoms with van der Waals surface area (Å²) in [5.74, 6) is -1.01. The molecule has 0 fully saturated rings. The van der Waals surface area contributed by atoms with Gasteiger partial charge in [-0.1, -0.05) is 23.2 Å². The summed E-state index contributed by atoms with van der Waals surface area (Å²) in [6.07, 6.45) is 0. The molecule has 0 aliphatic rings. The number of thiazole rings is 1. The molecule has 1 heterocycles. The minimum absolute atomic E-state index is 0.194. The highest BCUT2D eigenvalue weighted by Crippen LogP contribution is 2.34. The third-order valence-corrected chi connectivity index (χ3v) is 6.72. The van der Waals surface area contributed by atoms with E-state index in [2.05, 4.69) is 4.98 Å². The van der Waals surface area contributed by atoms with Crippen molar-refractivity contribution in [3.05, 3.63) is 63.1 Å². The van der Waals surface area contributed by atoms with E-state index in [1.807, 2.05) is 0 Å². The van der Waals surface area contributed by atoms with Crippen LogP contribution in [-0.2, 0) is 11.2 Å². The Hall–Kier alpha value is -1.57. The van der Waals surface area contributed by atoms with Gasteiger partial charge in [0.1, 0.15) is 9.88 Å². The van der Waals surface area contributed by atoms with Gasteiger partial charge in [0.15, 0.2) is 9.79 Å². The first-order valence-corrected chi connectivity index (χ1v) is 9.77. The fraction of sp³-hybridized carbons (Fsp3) is 0.0588. The Labute approximate surface area is 161 Å². The molecule has 1 unspecified atom stereocenters. The predicted molar refractivity (Wildman–Crippen MR) is 100 cm³/mol. The lowest BCUT2D eigenvalue weighted by Gasteiger charge is -2.11. The molecule has 0 aliphatic carbocycles. The van der Waals surface area contributed by atoms with Crippen molar-refractivity contribution in [1.29, 1.82) is 0 Å². The number of hydrogen-bond acceptors (Lipinski definition) is 4. The molecule has 1 aromatic heterocycles. The van der Waals surface area contributed by atoms with Crippen molar-refractivity contribution < 1.29 is 14.5 Å². The Morgan fingerprint density at radius 1 is 1.20 bits per heavy atom. The summed E-state index contributed by atoms with van der Waals surface area (Å²) in [5, 5.41) is 10.6. The Kier molecular flexibility index (Phi) is 5.36. The Morgan fingerprint density at radius 2 is 1.88 bits per heavy atom. The number of rotatable bonds is 4. The van der Waals surface area contributed by atoms with Gasteiger partial charge in [0, 0.05) is 21.8 Å². The third-order valence-electron chi connectivity index (χ3n) is 3.40. The second kappa shape index (κ2) is 7.35. The van der Waals surface area contributed by atoms with Crippen LogP contribution in [0.15, 0.2) is 52.3 Å². The van der Waals surface area contributed by atoms with Crippen molar-refractivity contribution in [1.82, 2.24) is 4.98 Å². The number of carbonyl (C=O) groups is 1. The largest absolute Gasteiger partial charge is 0.606 e. The molecule has 1 atom stereocenters. The lowest BCUT2D eigenvalue weighted by atomic mass is 10.2. The number of carboxylic acid groups (broad SMARTS) is 1. The number of aromatic carboxylic acids is 1. The standard InChI is InChI=1S/C17H11Cl2NO3S2/c1-9-15(17(21)22)24-16(20-9)10-2-7-14(13(19)8-10)25(23)12-5-3-11(18)4-6-12/h2-8H,1H3,(H,21,22). The van der Waals surface area contributed by atoms with Gasteiger partial charge in [-0.15, -0.1) is 11.3 Å². The van der Waals surface area contributed by atoms with Crippen LogP contribution in [0, 0.1) is 6.92 Å². The normalized spacial score (nSPS) is 12.2. The van der Waals surface area contributed by atoms with Gasteiger partial charge in [-0.3, -0.25) is 0 Å². The number of carboxylic acids is 1. The monoisotopic (exact) mass is 411 g/mol. The fourth-order valence-corrected chi connectivity index (χ4v) is 4.67. The van der Waals surface area contributed by atoms with Gasteiger partial charge in [-0.2, -0.15) is 0 Å². The molecular formula is C17H11Cl2NO3S2. The quantitative estimate of drug-likeness (QED) is 0.591. The predicted octanol–water partition coefficient (Wildman–Crippen LogP) is 5.29. The van der Waals surface area contributed by atoms with Crippen LogP contribution in [0.2, 0.25) is 10.0 Å². The van der Waals surface area contributed by atoms with Gasteiger partial charge >= 0.3 is 5.97 Å². The highest BCUT2D eigenvalue weighted by molar-refractivity contribution is 7.91. The SMILES string of the molecule is Cc1nc(-c2ccc([S+]([O-])c3ccc(Cl)cc3)c(Cl)c2)sc1C(=O)O. The molecule has 128 valence electrons. The third kappa shape index (κ3) is 3.83. The summed E-state index contributed by atoms with van der Waals surface area (Å²) >= 11 is 11.8. The highest BCUT2D eigenvalue weighted by Gasteiger charge is 2.21. The first-order chi connectivity index (χ1) is 11.9. The number of hydrogen-bond donors (Lipinski definition) is 1. The molecule has 8 heteroatoms. The van der Waals surface area contributed by atoms with Crippen LogP contribution in [0.3, 0.4) is 0 Å². The zero-order valence-corrected chi connectivity index (χ0v) is 16.0. The summed E-state index contributed by atoms with van der Waals surface area (Å²) in [6.45, 7) is 1.65. The lowest BCUT2D eigenvalue weighted by molar-refractivity contribution is 0.0701. The van der Waals surface area contributed by atoms with Crippen molar-refractivity contribution in [3.63, 3.8) is 0 Å². The van der Waals surface area contributed by atoms with Gasteiger partial charge < -0.3 is 9.66 Å². The molecule has 3 rings (SSSR count). The van der Waals surface area contributed by atoms with Gasteiger partial charge in [-0.05, 0) is 49.4 Å². The first kappa shape index (κ1) is 18.2. The topological polar surface area (TPSA) is 73.2 Å². The van der Waals surface area contributed by atoms with Gasteiger partial charge in [0.05, 0.1) is 10.7 Å². The van der Waals surface area contributed by atoms with Crippen LogP contribution in [-0.4, -0.2) is 20.6 Å². The van der Waals surface area contributed by atoms with E-state index in [4.69, 9.17) is 28.3 Å². The zero-order valence-electron chi connectivity index (χ0n) is 12.8.